The smallest absolute Gasteiger partial charge is 0.0246 e. The van der Waals surface area contributed by atoms with Gasteiger partial charge in [0, 0.05) is 19.1 Å². The molecule has 112 valence electrons. The number of likely N-dealkylation sites (tertiary alicyclic amines) is 1. The van der Waals surface area contributed by atoms with Gasteiger partial charge >= 0.3 is 0 Å². The molecule has 2 heteroatoms. The van der Waals surface area contributed by atoms with Crippen molar-refractivity contribution < 1.29 is 0 Å². The van der Waals surface area contributed by atoms with Crippen LogP contribution >= 0.6 is 0 Å². The van der Waals surface area contributed by atoms with E-state index in [0.717, 1.165) is 24.3 Å². The van der Waals surface area contributed by atoms with E-state index in [1.54, 1.807) is 0 Å². The molecule has 1 aliphatic carbocycles. The van der Waals surface area contributed by atoms with Crippen LogP contribution in [0.3, 0.4) is 0 Å². The van der Waals surface area contributed by atoms with Crippen LogP contribution in [0.25, 0.3) is 0 Å². The molecule has 0 amide bonds. The average Bonchev–Trinajstić information content (AvgIpc) is 2.76. The Morgan fingerprint density at radius 2 is 1.74 bits per heavy atom. The van der Waals surface area contributed by atoms with Crippen molar-refractivity contribution in [3.05, 3.63) is 0 Å². The highest BCUT2D eigenvalue weighted by atomic mass is 15.2. The lowest BCUT2D eigenvalue weighted by Crippen LogP contribution is -2.46. The minimum Gasteiger partial charge on any atom is -0.329 e. The summed E-state index contributed by atoms with van der Waals surface area (Å²) in [5.74, 6) is 2.65. The van der Waals surface area contributed by atoms with Gasteiger partial charge in [0.25, 0.3) is 0 Å². The van der Waals surface area contributed by atoms with Gasteiger partial charge in [0.15, 0.2) is 0 Å². The third-order valence-corrected chi connectivity index (χ3v) is 5.71. The van der Waals surface area contributed by atoms with E-state index in [4.69, 9.17) is 5.73 Å². The van der Waals surface area contributed by atoms with Crippen LogP contribution in [0.4, 0.5) is 0 Å². The van der Waals surface area contributed by atoms with Gasteiger partial charge in [-0.2, -0.15) is 0 Å². The molecule has 2 fully saturated rings. The lowest BCUT2D eigenvalue weighted by atomic mass is 9.68. The molecule has 1 saturated heterocycles. The van der Waals surface area contributed by atoms with Crippen molar-refractivity contribution in [2.24, 2.45) is 28.9 Å². The van der Waals surface area contributed by atoms with E-state index in [2.05, 4.69) is 32.6 Å². The standard InChI is InChI=1S/C17H34N2/c1-13-9-10-19(12-13)16(11-18)14-5-7-15(8-6-14)17(2,3)4/h13-16H,5-12,18H2,1-4H3. The van der Waals surface area contributed by atoms with Gasteiger partial charge in [-0.15, -0.1) is 0 Å². The maximum Gasteiger partial charge on any atom is 0.0246 e. The van der Waals surface area contributed by atoms with E-state index in [0.29, 0.717) is 11.5 Å². The summed E-state index contributed by atoms with van der Waals surface area (Å²) in [4.78, 5) is 2.69. The molecule has 2 atom stereocenters. The Bertz CT molecular complexity index is 273. The molecule has 1 heterocycles. The van der Waals surface area contributed by atoms with Crippen LogP contribution in [0, 0.1) is 23.2 Å². The third kappa shape index (κ3) is 3.72. The Kier molecular flexibility index (Phi) is 4.94. The van der Waals surface area contributed by atoms with Crippen LogP contribution in [-0.2, 0) is 0 Å². The molecular formula is C17H34N2. The van der Waals surface area contributed by atoms with Gasteiger partial charge in [0.1, 0.15) is 0 Å². The van der Waals surface area contributed by atoms with Crippen molar-refractivity contribution in [1.29, 1.82) is 0 Å². The summed E-state index contributed by atoms with van der Waals surface area (Å²) in [6.45, 7) is 13.0. The third-order valence-electron chi connectivity index (χ3n) is 5.71. The van der Waals surface area contributed by atoms with Gasteiger partial charge in [-0.3, -0.25) is 4.90 Å². The molecule has 2 rings (SSSR count). The molecule has 2 unspecified atom stereocenters. The lowest BCUT2D eigenvalue weighted by molar-refractivity contribution is 0.0926. The normalized spacial score (nSPS) is 35.5. The van der Waals surface area contributed by atoms with Crippen molar-refractivity contribution in [2.75, 3.05) is 19.6 Å². The SMILES string of the molecule is CC1CCN(C(CN)C2CCC(C(C)(C)C)CC2)C1. The maximum atomic E-state index is 6.11. The highest BCUT2D eigenvalue weighted by Crippen LogP contribution is 2.41. The monoisotopic (exact) mass is 266 g/mol. The molecule has 2 aliphatic rings. The summed E-state index contributed by atoms with van der Waals surface area (Å²) >= 11 is 0. The van der Waals surface area contributed by atoms with E-state index in [9.17, 15) is 0 Å². The van der Waals surface area contributed by atoms with Crippen LogP contribution in [0.1, 0.15) is 59.8 Å². The Balaban J connectivity index is 1.88. The number of nitrogens with two attached hydrogens (primary N) is 1. The van der Waals surface area contributed by atoms with Gasteiger partial charge in [-0.05, 0) is 61.8 Å². The van der Waals surface area contributed by atoms with Crippen LogP contribution in [0.15, 0.2) is 0 Å². The summed E-state index contributed by atoms with van der Waals surface area (Å²) in [5.41, 5.74) is 6.60. The maximum absolute atomic E-state index is 6.11. The van der Waals surface area contributed by atoms with Crippen molar-refractivity contribution in [2.45, 2.75) is 65.8 Å². The number of rotatable bonds is 3. The highest BCUT2D eigenvalue weighted by Gasteiger charge is 2.35. The van der Waals surface area contributed by atoms with Gasteiger partial charge in [-0.25, -0.2) is 0 Å². The Morgan fingerprint density at radius 1 is 1.11 bits per heavy atom. The summed E-state index contributed by atoms with van der Waals surface area (Å²) < 4.78 is 0. The van der Waals surface area contributed by atoms with Crippen LogP contribution in [0.2, 0.25) is 0 Å². The predicted octanol–water partition coefficient (Wildman–Crippen LogP) is 3.51. The summed E-state index contributed by atoms with van der Waals surface area (Å²) in [6.07, 6.45) is 6.99. The first-order valence-electron chi connectivity index (χ1n) is 8.36. The van der Waals surface area contributed by atoms with Crippen molar-refractivity contribution >= 4 is 0 Å². The molecule has 1 aliphatic heterocycles. The van der Waals surface area contributed by atoms with E-state index >= 15 is 0 Å². The summed E-state index contributed by atoms with van der Waals surface area (Å²) in [5, 5.41) is 0. The topological polar surface area (TPSA) is 29.3 Å². The number of hydrogen-bond donors (Lipinski definition) is 1. The van der Waals surface area contributed by atoms with Crippen molar-refractivity contribution in [1.82, 2.24) is 4.90 Å². The molecule has 0 aromatic rings. The fourth-order valence-electron chi connectivity index (χ4n) is 4.28. The molecular weight excluding hydrogens is 232 g/mol. The van der Waals surface area contributed by atoms with E-state index < -0.39 is 0 Å². The molecule has 0 radical (unpaired) electrons. The predicted molar refractivity (Wildman–Crippen MR) is 83.1 cm³/mol. The molecule has 19 heavy (non-hydrogen) atoms. The average molecular weight is 266 g/mol. The minimum atomic E-state index is 0.491. The van der Waals surface area contributed by atoms with E-state index in [1.165, 1.54) is 45.2 Å². The van der Waals surface area contributed by atoms with Crippen LogP contribution in [-0.4, -0.2) is 30.6 Å². The zero-order valence-corrected chi connectivity index (χ0v) is 13.5. The Labute approximate surface area is 120 Å². The van der Waals surface area contributed by atoms with E-state index in [1.807, 2.05) is 0 Å². The van der Waals surface area contributed by atoms with Gasteiger partial charge in [-0.1, -0.05) is 27.7 Å². The second-order valence-electron chi connectivity index (χ2n) is 8.17. The highest BCUT2D eigenvalue weighted by molar-refractivity contribution is 4.89. The van der Waals surface area contributed by atoms with E-state index in [-0.39, 0.29) is 0 Å². The first kappa shape index (κ1) is 15.3. The van der Waals surface area contributed by atoms with Gasteiger partial charge < -0.3 is 5.73 Å². The molecule has 2 nitrogen and oxygen atoms in total. The minimum absolute atomic E-state index is 0.491. The largest absolute Gasteiger partial charge is 0.329 e. The fourth-order valence-corrected chi connectivity index (χ4v) is 4.28. The summed E-state index contributed by atoms with van der Waals surface area (Å²) in [6, 6.07) is 0.658. The van der Waals surface area contributed by atoms with Crippen molar-refractivity contribution in [3.63, 3.8) is 0 Å². The van der Waals surface area contributed by atoms with Crippen molar-refractivity contribution in [3.8, 4) is 0 Å². The molecule has 0 aromatic heterocycles. The zero-order valence-electron chi connectivity index (χ0n) is 13.5. The zero-order chi connectivity index (χ0) is 14.0. The second-order valence-corrected chi connectivity index (χ2v) is 8.17. The molecule has 2 N–H and O–H groups in total. The number of nitrogens with zero attached hydrogens (tertiary/aromatic N) is 1. The first-order valence-corrected chi connectivity index (χ1v) is 8.36. The Hall–Kier alpha value is -0.0800. The summed E-state index contributed by atoms with van der Waals surface area (Å²) in [7, 11) is 0. The van der Waals surface area contributed by atoms with Crippen LogP contribution in [0.5, 0.6) is 0 Å². The number of hydrogen-bond acceptors (Lipinski definition) is 2. The quantitative estimate of drug-likeness (QED) is 0.847. The van der Waals surface area contributed by atoms with Gasteiger partial charge in [0.05, 0.1) is 0 Å². The molecule has 0 aromatic carbocycles. The second kappa shape index (κ2) is 6.13. The molecule has 0 spiro atoms. The fraction of sp³-hybridized carbons (Fsp3) is 1.00. The Morgan fingerprint density at radius 3 is 2.16 bits per heavy atom. The van der Waals surface area contributed by atoms with Gasteiger partial charge in [0.2, 0.25) is 0 Å². The molecule has 1 saturated carbocycles. The lowest BCUT2D eigenvalue weighted by Gasteiger charge is -2.41. The first-order chi connectivity index (χ1) is 8.91. The molecule has 0 bridgehead atoms. The van der Waals surface area contributed by atoms with Crippen LogP contribution < -0.4 is 5.73 Å².